The average Bonchev–Trinajstić information content (AvgIpc) is 1.63. The zero-order valence-electron chi connectivity index (χ0n) is 70.0. The molecule has 11 rings (SSSR count). The first-order valence-electron chi connectivity index (χ1n) is 40.8. The molecule has 3 aliphatic heterocycles. The summed E-state index contributed by atoms with van der Waals surface area (Å²) < 4.78 is 91.1. The van der Waals surface area contributed by atoms with Crippen molar-refractivity contribution >= 4 is 87.8 Å². The zero-order chi connectivity index (χ0) is 87.2. The molecule has 10 amide bonds. The number of fused-ring (bicyclic) bond motifs is 2. The number of hydrogen-bond acceptors (Lipinski definition) is 24. The topological polar surface area (TPSA) is 450 Å². The molecule has 10 heterocycles. The Morgan fingerprint density at radius 1 is 0.504 bits per heavy atom. The number of nitrogens with one attached hydrogen (secondary N) is 9. The summed E-state index contributed by atoms with van der Waals surface area (Å²) in [6, 6.07) is 6.36. The van der Waals surface area contributed by atoms with Crippen molar-refractivity contribution in [1.29, 1.82) is 0 Å². The van der Waals surface area contributed by atoms with E-state index < -0.39 is 47.8 Å². The molecule has 0 aliphatic carbocycles. The molecule has 1 saturated heterocycles. The van der Waals surface area contributed by atoms with Gasteiger partial charge in [0.25, 0.3) is 36.0 Å². The first-order valence-corrected chi connectivity index (χ1v) is 40.8. The van der Waals surface area contributed by atoms with Crippen molar-refractivity contribution in [2.75, 3.05) is 191 Å². The number of nitrogens with zero attached hydrogens (tertiary/aromatic N) is 14. The molecule has 123 heavy (non-hydrogen) atoms. The summed E-state index contributed by atoms with van der Waals surface area (Å²) in [6.07, 6.45) is 13.3. The number of aryl methyl sites for hydroxylation is 7. The van der Waals surface area contributed by atoms with Crippen molar-refractivity contribution < 1.29 is 94.6 Å². The minimum atomic E-state index is -2.70. The van der Waals surface area contributed by atoms with Gasteiger partial charge in [-0.05, 0) is 61.1 Å². The van der Waals surface area contributed by atoms with Gasteiger partial charge in [-0.25, -0.2) is 28.5 Å². The highest BCUT2D eigenvalue weighted by molar-refractivity contribution is 6.05. The first-order chi connectivity index (χ1) is 59.5. The molecular weight excluding hydrogens is 1610 g/mol. The Kier molecular flexibility index (Phi) is 34.7. The standard InChI is InChI=1S/C80H109F2N23O18/c1-97-23-18-84-72(97)78(112)90-55-43-63(98(2)48-55)75(109)85-17-11-69(108)93-66-52-101(5)74(95-66)79(113)91-56-44-64(99(3)49-56)76(110)86-16-10-68(107)92-65-51-100(4)73(94-65)77(111)87-15-9-67(106)83-19-26-116-28-30-118-32-34-120-36-38-122-40-41-123-39-37-121-35-33-119-31-29-117-27-20-88-80(114)103-22-12-61-60(50-103)71(96-105(61)57-13-24-115-25-14-57)104-21-7-8-53-42-58(54-46-89-102(6)47-54)59(70(81)82)45-62(53)104/h18,23,42-49,51-52,57,70H,7-17,19-22,24-41,50H2,1-6H3,(H,83,106)(H,85,109)(H,86,110)(H,87,111)(H,88,114)(H,90,112)(H,91,113)(H,92,107)(H,93,108). The van der Waals surface area contributed by atoms with Gasteiger partial charge in [0.2, 0.25) is 29.4 Å². The van der Waals surface area contributed by atoms with E-state index in [4.69, 9.17) is 47.7 Å². The lowest BCUT2D eigenvalue weighted by Gasteiger charge is -2.33. The van der Waals surface area contributed by atoms with Crippen LogP contribution in [0.25, 0.3) is 11.1 Å². The second-order valence-electron chi connectivity index (χ2n) is 29.2. The van der Waals surface area contributed by atoms with E-state index in [9.17, 15) is 51.9 Å². The van der Waals surface area contributed by atoms with Crippen LogP contribution in [-0.4, -0.2) is 280 Å². The second-order valence-corrected chi connectivity index (χ2v) is 29.2. The number of imidazole rings is 3. The predicted octanol–water partition coefficient (Wildman–Crippen LogP) is 3.69. The highest BCUT2D eigenvalue weighted by Crippen LogP contribution is 2.44. The fourth-order valence-corrected chi connectivity index (χ4v) is 13.9. The molecule has 7 aromatic heterocycles. The number of benzene rings is 1. The number of alkyl halides is 2. The van der Waals surface area contributed by atoms with Gasteiger partial charge < -0.3 is 123 Å². The van der Waals surface area contributed by atoms with Crippen molar-refractivity contribution in [2.24, 2.45) is 42.3 Å². The lowest BCUT2D eigenvalue weighted by atomic mass is 9.92. The van der Waals surface area contributed by atoms with E-state index in [1.165, 1.54) is 55.2 Å². The summed E-state index contributed by atoms with van der Waals surface area (Å²) >= 11 is 0. The summed E-state index contributed by atoms with van der Waals surface area (Å²) in [5, 5.41) is 33.8. The maximum atomic E-state index is 14.8. The number of carbonyl (C=O) groups excluding carboxylic acids is 9. The van der Waals surface area contributed by atoms with E-state index in [0.717, 1.165) is 48.2 Å². The van der Waals surface area contributed by atoms with Gasteiger partial charge in [0.1, 0.15) is 11.4 Å². The van der Waals surface area contributed by atoms with Crippen LogP contribution in [-0.2, 0) is 119 Å². The van der Waals surface area contributed by atoms with Gasteiger partial charge in [-0.3, -0.25) is 47.7 Å². The Hall–Kier alpha value is -11.8. The Morgan fingerprint density at radius 3 is 1.50 bits per heavy atom. The number of urea groups is 1. The van der Waals surface area contributed by atoms with Gasteiger partial charge in [-0.1, -0.05) is 0 Å². The van der Waals surface area contributed by atoms with Crippen LogP contribution in [0.2, 0.25) is 0 Å². The summed E-state index contributed by atoms with van der Waals surface area (Å²) in [7, 11) is 9.80. The highest BCUT2D eigenvalue weighted by atomic mass is 19.3. The van der Waals surface area contributed by atoms with Crippen molar-refractivity contribution in [3.63, 3.8) is 0 Å². The minimum absolute atomic E-state index is 0.0113. The van der Waals surface area contributed by atoms with E-state index in [2.05, 4.69) is 77.5 Å². The Balaban J connectivity index is 0.444. The Labute approximate surface area is 708 Å². The molecule has 0 radical (unpaired) electrons. The van der Waals surface area contributed by atoms with Gasteiger partial charge in [-0.2, -0.15) is 10.2 Å². The molecule has 0 spiro atoms. The largest absolute Gasteiger partial charge is 0.381 e. The van der Waals surface area contributed by atoms with Crippen LogP contribution in [0.3, 0.4) is 0 Å². The molecule has 666 valence electrons. The molecule has 0 bridgehead atoms. The summed E-state index contributed by atoms with van der Waals surface area (Å²) in [4.78, 5) is 133. The second kappa shape index (κ2) is 46.4. The fourth-order valence-electron chi connectivity index (χ4n) is 13.9. The lowest BCUT2D eigenvalue weighted by molar-refractivity contribution is -0.121. The number of rotatable bonds is 49. The number of halogens is 2. The summed E-state index contributed by atoms with van der Waals surface area (Å²) in [6.45, 7) is 8.94. The number of anilines is 6. The fraction of sp³-hybridized carbons (Fsp3) is 0.525. The van der Waals surface area contributed by atoms with Gasteiger partial charge in [0, 0.05) is 198 Å². The molecular formula is C80H109F2N23O18. The van der Waals surface area contributed by atoms with Gasteiger partial charge in [0.15, 0.2) is 23.3 Å². The maximum absolute atomic E-state index is 14.8. The van der Waals surface area contributed by atoms with Crippen molar-refractivity contribution in [2.45, 2.75) is 70.4 Å². The summed E-state index contributed by atoms with van der Waals surface area (Å²) in [5.74, 6) is -2.97. The minimum Gasteiger partial charge on any atom is -0.381 e. The van der Waals surface area contributed by atoms with Gasteiger partial charge >= 0.3 is 6.03 Å². The lowest BCUT2D eigenvalue weighted by Crippen LogP contribution is -2.44. The quantitative estimate of drug-likeness (QED) is 0.0245. The molecule has 1 fully saturated rings. The molecule has 1 aromatic carbocycles. The van der Waals surface area contributed by atoms with E-state index in [-0.39, 0.29) is 122 Å². The Morgan fingerprint density at radius 2 is 1.00 bits per heavy atom. The smallest absolute Gasteiger partial charge is 0.317 e. The molecule has 0 saturated carbocycles. The number of hydrogen-bond donors (Lipinski definition) is 9. The van der Waals surface area contributed by atoms with Crippen molar-refractivity contribution in [3.05, 3.63) is 125 Å². The number of carbonyl (C=O) groups is 9. The molecule has 43 heteroatoms. The molecule has 9 N–H and O–H groups in total. The van der Waals surface area contributed by atoms with Crippen molar-refractivity contribution in [1.82, 2.24) is 88.8 Å². The van der Waals surface area contributed by atoms with E-state index in [1.807, 2.05) is 6.07 Å². The number of ether oxygens (including phenoxy) is 9. The van der Waals surface area contributed by atoms with Crippen LogP contribution in [0.5, 0.6) is 0 Å². The van der Waals surface area contributed by atoms with E-state index >= 15 is 0 Å². The Bertz CT molecular complexity index is 4890. The average molecular weight is 1720 g/mol. The van der Waals surface area contributed by atoms with Crippen LogP contribution >= 0.6 is 0 Å². The third-order valence-corrected chi connectivity index (χ3v) is 20.1. The van der Waals surface area contributed by atoms with Crippen LogP contribution in [0.1, 0.15) is 126 Å². The van der Waals surface area contributed by atoms with E-state index in [0.29, 0.717) is 168 Å². The van der Waals surface area contributed by atoms with Gasteiger partial charge in [0.05, 0.1) is 136 Å². The molecule has 0 atom stereocenters. The molecule has 3 aliphatic rings. The molecule has 0 unspecified atom stereocenters. The molecule has 41 nitrogen and oxygen atoms in total. The zero-order valence-corrected chi connectivity index (χ0v) is 70.0. The van der Waals surface area contributed by atoms with Crippen molar-refractivity contribution in [3.8, 4) is 11.1 Å². The van der Waals surface area contributed by atoms with Gasteiger partial charge in [-0.15, -0.1) is 0 Å². The monoisotopic (exact) mass is 1720 g/mol. The molecule has 8 aromatic rings. The maximum Gasteiger partial charge on any atom is 0.317 e. The first kappa shape index (κ1) is 91.9. The third-order valence-electron chi connectivity index (χ3n) is 20.1. The summed E-state index contributed by atoms with van der Waals surface area (Å²) in [5.41, 5.74) is 5.82. The van der Waals surface area contributed by atoms with Crippen LogP contribution in [0.4, 0.5) is 48.1 Å². The third kappa shape index (κ3) is 26.8. The number of aromatic nitrogens is 12. The SMILES string of the molecule is Cn1cc(-c2cc3c(cc2C(F)F)N(c2nn(C4CCOCC4)c4c2CN(C(=O)NCCOCCOCCOCCOCCOCCOCCOCCOCCNC(=O)CCNC(=O)c2nc(NC(=O)CCNC(=O)c5cc(NC(=O)c6nc(NC(=O)CCNC(=O)c7cc(NC(=O)c8nccn8C)cn7C)cn6C)cn5C)cn2C)CC4)CCC3)cn1. The normalized spacial score (nSPS) is 13.4. The van der Waals surface area contributed by atoms with Crippen LogP contribution in [0, 0.1) is 0 Å². The van der Waals surface area contributed by atoms with Crippen LogP contribution in [0.15, 0.2) is 73.8 Å². The predicted molar refractivity (Wildman–Crippen MR) is 442 cm³/mol. The van der Waals surface area contributed by atoms with E-state index in [1.54, 1.807) is 87.3 Å². The highest BCUT2D eigenvalue weighted by Gasteiger charge is 2.36. The number of amides is 10. The van der Waals surface area contributed by atoms with Crippen LogP contribution < -0.4 is 52.8 Å².